The Morgan fingerprint density at radius 3 is 2.64 bits per heavy atom. The van der Waals surface area contributed by atoms with Gasteiger partial charge >= 0.3 is 5.91 Å². The number of sulfonamides is 1. The maximum atomic E-state index is 12.3. The molecule has 0 saturated carbocycles. The van der Waals surface area contributed by atoms with Gasteiger partial charge < -0.3 is 9.15 Å². The Morgan fingerprint density at radius 1 is 1.12 bits per heavy atom. The molecular formula is C17H14N2O5S. The second-order valence-corrected chi connectivity index (χ2v) is 6.68. The van der Waals surface area contributed by atoms with Crippen molar-refractivity contribution in [2.75, 3.05) is 0 Å². The largest absolute Gasteiger partial charge is 0.489 e. The SMILES string of the molecule is O=C(NS(=O)(=O)c1cccnc1)c1occc1COc1ccccc1. The summed E-state index contributed by atoms with van der Waals surface area (Å²) in [4.78, 5) is 15.9. The molecule has 0 fully saturated rings. The summed E-state index contributed by atoms with van der Waals surface area (Å²) in [6.07, 6.45) is 3.89. The van der Waals surface area contributed by atoms with Crippen molar-refractivity contribution in [2.45, 2.75) is 11.5 Å². The first-order chi connectivity index (χ1) is 12.1. The summed E-state index contributed by atoms with van der Waals surface area (Å²) in [5, 5.41) is 0. The highest BCUT2D eigenvalue weighted by Crippen LogP contribution is 2.16. The number of amides is 1. The van der Waals surface area contributed by atoms with E-state index in [2.05, 4.69) is 4.98 Å². The molecule has 0 radical (unpaired) electrons. The molecule has 1 N–H and O–H groups in total. The highest BCUT2D eigenvalue weighted by atomic mass is 32.2. The molecule has 0 unspecified atom stereocenters. The van der Waals surface area contributed by atoms with E-state index in [1.54, 1.807) is 18.2 Å². The third kappa shape index (κ3) is 4.04. The molecule has 8 heteroatoms. The molecule has 25 heavy (non-hydrogen) atoms. The van der Waals surface area contributed by atoms with E-state index in [9.17, 15) is 13.2 Å². The summed E-state index contributed by atoms with van der Waals surface area (Å²) in [6.45, 7) is 0.0657. The first kappa shape index (κ1) is 16.7. The molecule has 0 aliphatic heterocycles. The maximum absolute atomic E-state index is 12.3. The average Bonchev–Trinajstić information content (AvgIpc) is 3.10. The summed E-state index contributed by atoms with van der Waals surface area (Å²) in [5.41, 5.74) is 0.433. The summed E-state index contributed by atoms with van der Waals surface area (Å²) in [7, 11) is -4.03. The molecule has 0 bridgehead atoms. The van der Waals surface area contributed by atoms with Gasteiger partial charge in [0.15, 0.2) is 5.76 Å². The number of hydrogen-bond donors (Lipinski definition) is 1. The summed E-state index contributed by atoms with van der Waals surface area (Å²) >= 11 is 0. The van der Waals surface area contributed by atoms with Crippen molar-refractivity contribution in [2.24, 2.45) is 0 Å². The van der Waals surface area contributed by atoms with Gasteiger partial charge in [-0.1, -0.05) is 18.2 Å². The van der Waals surface area contributed by atoms with Crippen molar-refractivity contribution < 1.29 is 22.4 Å². The standard InChI is InChI=1S/C17H14N2O5S/c20-17(19-25(21,22)15-7-4-9-18-11-15)16-13(8-10-23-16)12-24-14-5-2-1-3-6-14/h1-11H,12H2,(H,19,20). The quantitative estimate of drug-likeness (QED) is 0.726. The van der Waals surface area contributed by atoms with Crippen molar-refractivity contribution >= 4 is 15.9 Å². The second kappa shape index (κ2) is 7.18. The normalized spacial score (nSPS) is 11.0. The van der Waals surface area contributed by atoms with Crippen LogP contribution in [-0.4, -0.2) is 19.3 Å². The van der Waals surface area contributed by atoms with Crippen LogP contribution in [0.1, 0.15) is 16.1 Å². The van der Waals surface area contributed by atoms with E-state index in [1.165, 1.54) is 24.6 Å². The Balaban J connectivity index is 1.72. The van der Waals surface area contributed by atoms with Crippen LogP contribution < -0.4 is 9.46 Å². The topological polar surface area (TPSA) is 98.5 Å². The molecule has 1 aromatic carbocycles. The van der Waals surface area contributed by atoms with E-state index < -0.39 is 15.9 Å². The number of nitrogens with one attached hydrogen (secondary N) is 1. The number of pyridine rings is 1. The summed E-state index contributed by atoms with van der Waals surface area (Å²) < 4.78 is 37.0. The lowest BCUT2D eigenvalue weighted by Crippen LogP contribution is -2.31. The van der Waals surface area contributed by atoms with Crippen molar-refractivity contribution in [3.63, 3.8) is 0 Å². The number of nitrogens with zero attached hydrogens (tertiary/aromatic N) is 1. The highest BCUT2D eigenvalue weighted by molar-refractivity contribution is 7.90. The van der Waals surface area contributed by atoms with E-state index in [4.69, 9.17) is 9.15 Å². The first-order valence-electron chi connectivity index (χ1n) is 7.27. The number of aromatic nitrogens is 1. The number of furan rings is 1. The fraction of sp³-hybridized carbons (Fsp3) is 0.0588. The Kier molecular flexibility index (Phi) is 4.80. The van der Waals surface area contributed by atoms with Crippen LogP contribution in [0.25, 0.3) is 0 Å². The van der Waals surface area contributed by atoms with E-state index in [0.717, 1.165) is 6.20 Å². The van der Waals surface area contributed by atoms with Gasteiger partial charge in [-0.2, -0.15) is 0 Å². The molecule has 7 nitrogen and oxygen atoms in total. The first-order valence-corrected chi connectivity index (χ1v) is 8.76. The summed E-state index contributed by atoms with van der Waals surface area (Å²) in [5.74, 6) is -0.373. The fourth-order valence-corrected chi connectivity index (χ4v) is 2.97. The predicted molar refractivity (Wildman–Crippen MR) is 88.4 cm³/mol. The van der Waals surface area contributed by atoms with E-state index in [1.807, 2.05) is 22.9 Å². The number of para-hydroxylation sites is 1. The van der Waals surface area contributed by atoms with Crippen molar-refractivity contribution in [1.82, 2.24) is 9.71 Å². The molecule has 3 rings (SSSR count). The molecule has 0 aliphatic carbocycles. The maximum Gasteiger partial charge on any atom is 0.301 e. The number of rotatable bonds is 6. The third-order valence-corrected chi connectivity index (χ3v) is 4.58. The van der Waals surface area contributed by atoms with Crippen LogP contribution in [-0.2, 0) is 16.6 Å². The third-order valence-electron chi connectivity index (χ3n) is 3.26. The Labute approximate surface area is 144 Å². The minimum absolute atomic E-state index is 0.0657. The Morgan fingerprint density at radius 2 is 1.92 bits per heavy atom. The molecule has 128 valence electrons. The average molecular weight is 358 g/mol. The number of carbonyl (C=O) groups is 1. The van der Waals surface area contributed by atoms with E-state index in [0.29, 0.717) is 11.3 Å². The number of hydrogen-bond acceptors (Lipinski definition) is 6. The zero-order valence-corrected chi connectivity index (χ0v) is 13.8. The smallest absolute Gasteiger partial charge is 0.301 e. The van der Waals surface area contributed by atoms with Gasteiger partial charge in [-0.3, -0.25) is 9.78 Å². The van der Waals surface area contributed by atoms with Crippen LogP contribution in [0.3, 0.4) is 0 Å². The fourth-order valence-electron chi connectivity index (χ4n) is 2.06. The highest BCUT2D eigenvalue weighted by Gasteiger charge is 2.23. The molecule has 2 heterocycles. The molecule has 0 atom stereocenters. The van der Waals surface area contributed by atoms with Crippen molar-refractivity contribution in [1.29, 1.82) is 0 Å². The van der Waals surface area contributed by atoms with Crippen molar-refractivity contribution in [3.8, 4) is 5.75 Å². The van der Waals surface area contributed by atoms with Crippen LogP contribution in [0, 0.1) is 0 Å². The monoisotopic (exact) mass is 358 g/mol. The van der Waals surface area contributed by atoms with Gasteiger partial charge in [0.2, 0.25) is 0 Å². The van der Waals surface area contributed by atoms with Crippen LogP contribution in [0.2, 0.25) is 0 Å². The molecule has 0 spiro atoms. The predicted octanol–water partition coefficient (Wildman–Crippen LogP) is 2.37. The van der Waals surface area contributed by atoms with Crippen molar-refractivity contribution in [3.05, 3.63) is 78.5 Å². The lowest BCUT2D eigenvalue weighted by Gasteiger charge is -2.08. The van der Waals surface area contributed by atoms with Crippen LogP contribution in [0.15, 0.2) is 76.5 Å². The lowest BCUT2D eigenvalue weighted by molar-refractivity contribution is 0.0951. The van der Waals surface area contributed by atoms with Gasteiger partial charge in [-0.15, -0.1) is 0 Å². The second-order valence-electron chi connectivity index (χ2n) is 5.00. The van der Waals surface area contributed by atoms with Gasteiger partial charge in [-0.05, 0) is 30.3 Å². The van der Waals surface area contributed by atoms with Gasteiger partial charge in [0.25, 0.3) is 10.0 Å². The Bertz CT molecular complexity index is 953. The number of carbonyl (C=O) groups excluding carboxylic acids is 1. The molecule has 2 aromatic heterocycles. The zero-order valence-electron chi connectivity index (χ0n) is 13.0. The van der Waals surface area contributed by atoms with Crippen LogP contribution in [0.5, 0.6) is 5.75 Å². The van der Waals surface area contributed by atoms with E-state index in [-0.39, 0.29) is 17.3 Å². The molecule has 0 aliphatic rings. The molecular weight excluding hydrogens is 344 g/mol. The zero-order chi connectivity index (χ0) is 17.7. The lowest BCUT2D eigenvalue weighted by atomic mass is 10.2. The number of ether oxygens (including phenoxy) is 1. The molecule has 3 aromatic rings. The minimum Gasteiger partial charge on any atom is -0.489 e. The van der Waals surface area contributed by atoms with Gasteiger partial charge in [-0.25, -0.2) is 13.1 Å². The van der Waals surface area contributed by atoms with Crippen LogP contribution >= 0.6 is 0 Å². The number of benzene rings is 1. The Hall–Kier alpha value is -3.13. The van der Waals surface area contributed by atoms with Crippen LogP contribution in [0.4, 0.5) is 0 Å². The molecule has 1 amide bonds. The summed E-state index contributed by atoms with van der Waals surface area (Å²) in [6, 6.07) is 13.4. The molecule has 0 saturated heterocycles. The van der Waals surface area contributed by atoms with E-state index >= 15 is 0 Å². The van der Waals surface area contributed by atoms with Gasteiger partial charge in [0, 0.05) is 18.0 Å². The van der Waals surface area contributed by atoms with Gasteiger partial charge in [0.1, 0.15) is 17.3 Å². The van der Waals surface area contributed by atoms with Gasteiger partial charge in [0.05, 0.1) is 6.26 Å². The minimum atomic E-state index is -4.03.